The molecule has 2 atom stereocenters. The van der Waals surface area contributed by atoms with Crippen LogP contribution in [0.1, 0.15) is 13.8 Å². The summed E-state index contributed by atoms with van der Waals surface area (Å²) in [6, 6.07) is 3.57. The minimum absolute atomic E-state index is 0.0596. The van der Waals surface area contributed by atoms with Crippen molar-refractivity contribution in [2.75, 3.05) is 5.32 Å². The van der Waals surface area contributed by atoms with Gasteiger partial charge in [-0.2, -0.15) is 0 Å². The fourth-order valence-electron chi connectivity index (χ4n) is 2.28. The number of allylic oxidation sites excluding steroid dienone is 1. The zero-order valence-corrected chi connectivity index (χ0v) is 13.6. The van der Waals surface area contributed by atoms with Gasteiger partial charge in [-0.25, -0.2) is 4.98 Å². The predicted octanol–water partition coefficient (Wildman–Crippen LogP) is 4.37. The molecule has 0 saturated heterocycles. The van der Waals surface area contributed by atoms with Gasteiger partial charge < -0.3 is 5.32 Å². The number of anilines is 1. The van der Waals surface area contributed by atoms with E-state index in [1.807, 2.05) is 19.9 Å². The molecule has 1 heterocycles. The number of carbonyl (C=O) groups excluding carboxylic acids is 1. The van der Waals surface area contributed by atoms with E-state index in [0.717, 1.165) is 4.47 Å². The molecule has 1 N–H and O–H groups in total. The van der Waals surface area contributed by atoms with Crippen molar-refractivity contribution in [1.82, 2.24) is 4.98 Å². The van der Waals surface area contributed by atoms with E-state index in [2.05, 4.69) is 26.2 Å². The highest BCUT2D eigenvalue weighted by molar-refractivity contribution is 9.10. The summed E-state index contributed by atoms with van der Waals surface area (Å²) >= 11 is 14.6. The van der Waals surface area contributed by atoms with E-state index in [0.29, 0.717) is 5.82 Å². The molecule has 0 radical (unpaired) electrons. The molecule has 0 bridgehead atoms. The molecular weight excluding hydrogens is 351 g/mol. The first-order valence-electron chi connectivity index (χ1n) is 5.77. The van der Waals surface area contributed by atoms with Gasteiger partial charge in [0.25, 0.3) is 0 Å². The van der Waals surface area contributed by atoms with Crippen LogP contribution in [0, 0.1) is 17.3 Å². The zero-order valence-electron chi connectivity index (χ0n) is 10.5. The summed E-state index contributed by atoms with van der Waals surface area (Å²) in [4.78, 5) is 16.3. The largest absolute Gasteiger partial charge is 0.310 e. The first-order valence-corrected chi connectivity index (χ1v) is 7.32. The fourth-order valence-corrected chi connectivity index (χ4v) is 2.79. The van der Waals surface area contributed by atoms with Gasteiger partial charge in [0.15, 0.2) is 0 Å². The molecule has 1 aliphatic rings. The average molecular weight is 364 g/mol. The number of pyridine rings is 1. The van der Waals surface area contributed by atoms with Crippen molar-refractivity contribution in [3.05, 3.63) is 33.4 Å². The monoisotopic (exact) mass is 362 g/mol. The van der Waals surface area contributed by atoms with Crippen LogP contribution in [0.25, 0.3) is 0 Å². The molecule has 1 aromatic heterocycles. The number of rotatable bonds is 3. The smallest absolute Gasteiger partial charge is 0.229 e. The normalized spacial score (nSPS) is 23.6. The number of nitrogens with zero attached hydrogens (tertiary/aromatic N) is 1. The number of hydrogen-bond acceptors (Lipinski definition) is 2. The van der Waals surface area contributed by atoms with E-state index >= 15 is 0 Å². The van der Waals surface area contributed by atoms with Crippen molar-refractivity contribution in [3.8, 4) is 0 Å². The summed E-state index contributed by atoms with van der Waals surface area (Å²) in [6.45, 7) is 4.04. The van der Waals surface area contributed by atoms with Crippen molar-refractivity contribution in [3.63, 3.8) is 0 Å². The topological polar surface area (TPSA) is 42.0 Å². The van der Waals surface area contributed by atoms with Crippen molar-refractivity contribution in [2.45, 2.75) is 13.8 Å². The van der Waals surface area contributed by atoms with E-state index in [9.17, 15) is 4.79 Å². The Morgan fingerprint density at radius 3 is 2.68 bits per heavy atom. The summed E-state index contributed by atoms with van der Waals surface area (Å²) in [5.41, 5.74) is -0.130. The third kappa shape index (κ3) is 3.30. The average Bonchev–Trinajstić information content (AvgIpc) is 2.83. The molecule has 0 spiro atoms. The molecule has 1 aromatic rings. The van der Waals surface area contributed by atoms with E-state index in [1.54, 1.807) is 18.3 Å². The van der Waals surface area contributed by atoms with Crippen LogP contribution in [0.4, 0.5) is 5.82 Å². The maximum atomic E-state index is 12.2. The maximum Gasteiger partial charge on any atom is 0.229 e. The summed E-state index contributed by atoms with van der Waals surface area (Å²) in [7, 11) is 0. The minimum Gasteiger partial charge on any atom is -0.310 e. The molecule has 19 heavy (non-hydrogen) atoms. The van der Waals surface area contributed by atoms with Crippen molar-refractivity contribution in [1.29, 1.82) is 0 Å². The SMILES string of the molecule is CC1(C)C(C=C(Cl)Cl)C1C(=O)Nc1ccc(Br)cn1. The number of halogens is 3. The van der Waals surface area contributed by atoms with Crippen LogP contribution in [0.15, 0.2) is 33.4 Å². The molecule has 3 nitrogen and oxygen atoms in total. The van der Waals surface area contributed by atoms with Gasteiger partial charge in [0.05, 0.1) is 5.92 Å². The Balaban J connectivity index is 2.05. The van der Waals surface area contributed by atoms with Crippen LogP contribution < -0.4 is 5.32 Å². The molecule has 0 aliphatic heterocycles. The first kappa shape index (κ1) is 14.8. The summed E-state index contributed by atoms with van der Waals surface area (Å²) < 4.78 is 1.07. The van der Waals surface area contributed by atoms with Gasteiger partial charge in [-0.15, -0.1) is 0 Å². The van der Waals surface area contributed by atoms with Crippen molar-refractivity contribution < 1.29 is 4.79 Å². The number of carbonyl (C=O) groups is 1. The van der Waals surface area contributed by atoms with Gasteiger partial charge in [-0.3, -0.25) is 4.79 Å². The van der Waals surface area contributed by atoms with Crippen LogP contribution in [0.3, 0.4) is 0 Å². The molecule has 0 aromatic carbocycles. The van der Waals surface area contributed by atoms with E-state index in [4.69, 9.17) is 23.2 Å². The molecule has 2 unspecified atom stereocenters. The second kappa shape index (κ2) is 5.43. The van der Waals surface area contributed by atoms with E-state index in [-0.39, 0.29) is 27.6 Å². The van der Waals surface area contributed by atoms with Gasteiger partial charge in [0, 0.05) is 10.7 Å². The Morgan fingerprint density at radius 1 is 1.47 bits per heavy atom. The zero-order chi connectivity index (χ0) is 14.2. The number of amides is 1. The number of aromatic nitrogens is 1. The minimum atomic E-state index is -0.134. The van der Waals surface area contributed by atoms with Crippen LogP contribution >= 0.6 is 39.1 Å². The Hall–Kier alpha value is -0.580. The molecule has 2 rings (SSSR count). The standard InChI is InChI=1S/C13H13BrCl2N2O/c1-13(2)8(5-9(15)16)11(13)12(19)18-10-4-3-7(14)6-17-10/h3-6,8,11H,1-2H3,(H,17,18,19). The van der Waals surface area contributed by atoms with Gasteiger partial charge in [0.2, 0.25) is 5.91 Å². The maximum absolute atomic E-state index is 12.2. The van der Waals surface area contributed by atoms with Gasteiger partial charge >= 0.3 is 0 Å². The second-order valence-corrected chi connectivity index (χ2v) is 7.06. The van der Waals surface area contributed by atoms with E-state index < -0.39 is 0 Å². The number of nitrogens with one attached hydrogen (secondary N) is 1. The lowest BCUT2D eigenvalue weighted by molar-refractivity contribution is -0.118. The first-order chi connectivity index (χ1) is 8.82. The molecule has 1 aliphatic carbocycles. The quantitative estimate of drug-likeness (QED) is 0.866. The van der Waals surface area contributed by atoms with E-state index in [1.165, 1.54) is 0 Å². The highest BCUT2D eigenvalue weighted by Gasteiger charge is 2.60. The van der Waals surface area contributed by atoms with Crippen LogP contribution in [0.5, 0.6) is 0 Å². The second-order valence-electron chi connectivity index (χ2n) is 5.13. The van der Waals surface area contributed by atoms with Crippen LogP contribution in [-0.2, 0) is 4.79 Å². The molecular formula is C13H13BrCl2N2O. The molecule has 1 fully saturated rings. The Kier molecular flexibility index (Phi) is 4.23. The lowest BCUT2D eigenvalue weighted by Crippen LogP contribution is -2.17. The fraction of sp³-hybridized carbons (Fsp3) is 0.385. The van der Waals surface area contributed by atoms with Gasteiger partial charge in [0.1, 0.15) is 10.3 Å². The van der Waals surface area contributed by atoms with Crippen molar-refractivity contribution in [2.24, 2.45) is 17.3 Å². The van der Waals surface area contributed by atoms with Crippen LogP contribution in [0.2, 0.25) is 0 Å². The predicted molar refractivity (Wildman–Crippen MR) is 81.1 cm³/mol. The van der Waals surface area contributed by atoms with Crippen molar-refractivity contribution >= 4 is 50.9 Å². The molecule has 6 heteroatoms. The summed E-state index contributed by atoms with van der Waals surface area (Å²) in [6.07, 6.45) is 3.36. The highest BCUT2D eigenvalue weighted by atomic mass is 79.9. The number of hydrogen-bond donors (Lipinski definition) is 1. The molecule has 1 amide bonds. The van der Waals surface area contributed by atoms with Crippen LogP contribution in [-0.4, -0.2) is 10.9 Å². The lowest BCUT2D eigenvalue weighted by Gasteiger charge is -2.05. The Labute approximate surface area is 130 Å². The Morgan fingerprint density at radius 2 is 2.16 bits per heavy atom. The third-order valence-electron chi connectivity index (χ3n) is 3.48. The Bertz CT molecular complexity index is 524. The van der Waals surface area contributed by atoms with Gasteiger partial charge in [-0.1, -0.05) is 37.0 Å². The third-order valence-corrected chi connectivity index (χ3v) is 4.20. The lowest BCUT2D eigenvalue weighted by atomic mass is 10.1. The summed E-state index contributed by atoms with van der Waals surface area (Å²) in [5, 5.41) is 2.80. The summed E-state index contributed by atoms with van der Waals surface area (Å²) in [5.74, 6) is 0.407. The highest BCUT2D eigenvalue weighted by Crippen LogP contribution is 2.59. The molecule has 102 valence electrons. The van der Waals surface area contributed by atoms with Gasteiger partial charge in [-0.05, 0) is 45.5 Å². The molecule has 1 saturated carbocycles.